The summed E-state index contributed by atoms with van der Waals surface area (Å²) in [6.07, 6.45) is 6.86. The lowest BCUT2D eigenvalue weighted by molar-refractivity contribution is -0.136. The third-order valence-corrected chi connectivity index (χ3v) is 7.15. The number of nitrogens with one attached hydrogen (secondary N) is 1. The number of carbonyl (C=O) groups is 2. The standard InChI is InChI=1S/C20H25N3O4S/c1-11-21-18(25)16-13(17(20(26)27-2)28-19(16)22-11)10-15(24)23-9-5-7-12-6-3-4-8-14(12)23/h12,14H,3-10H2,1-2H3,(H,21,22,25)/t12-,14-/m0/s1. The third-order valence-electron chi connectivity index (χ3n) is 6.04. The van der Waals surface area contributed by atoms with E-state index in [2.05, 4.69) is 9.97 Å². The predicted molar refractivity (Wildman–Crippen MR) is 107 cm³/mol. The molecule has 3 heterocycles. The fraction of sp³-hybridized carbons (Fsp3) is 0.600. The second kappa shape index (κ2) is 7.66. The van der Waals surface area contributed by atoms with Crippen LogP contribution in [0.25, 0.3) is 10.2 Å². The summed E-state index contributed by atoms with van der Waals surface area (Å²) in [6.45, 7) is 2.45. The number of nitrogens with zero attached hydrogens (tertiary/aromatic N) is 2. The molecule has 0 aromatic carbocycles. The number of likely N-dealkylation sites (tertiary alicyclic amines) is 1. The monoisotopic (exact) mass is 403 g/mol. The Hall–Kier alpha value is -2.22. The molecule has 8 heteroatoms. The van der Waals surface area contributed by atoms with Gasteiger partial charge in [0.05, 0.1) is 18.9 Å². The van der Waals surface area contributed by atoms with Crippen LogP contribution in [0.2, 0.25) is 0 Å². The number of rotatable bonds is 3. The van der Waals surface area contributed by atoms with Crippen LogP contribution in [0.4, 0.5) is 0 Å². The van der Waals surface area contributed by atoms with Crippen molar-refractivity contribution in [3.8, 4) is 0 Å². The first-order valence-electron chi connectivity index (χ1n) is 9.89. The number of methoxy groups -OCH3 is 1. The lowest BCUT2D eigenvalue weighted by atomic mass is 9.78. The first-order chi connectivity index (χ1) is 13.5. The van der Waals surface area contributed by atoms with E-state index in [0.29, 0.717) is 38.4 Å². The van der Waals surface area contributed by atoms with Crippen molar-refractivity contribution in [1.29, 1.82) is 0 Å². The fourth-order valence-corrected chi connectivity index (χ4v) is 5.94. The summed E-state index contributed by atoms with van der Waals surface area (Å²) in [6, 6.07) is 0.292. The summed E-state index contributed by atoms with van der Waals surface area (Å²) >= 11 is 1.12. The maximum absolute atomic E-state index is 13.3. The molecule has 1 aliphatic carbocycles. The second-order valence-electron chi connectivity index (χ2n) is 7.75. The topological polar surface area (TPSA) is 92.4 Å². The molecular formula is C20H25N3O4S. The smallest absolute Gasteiger partial charge is 0.348 e. The van der Waals surface area contributed by atoms with Crippen molar-refractivity contribution in [2.24, 2.45) is 5.92 Å². The average Bonchev–Trinajstić information content (AvgIpc) is 3.05. The summed E-state index contributed by atoms with van der Waals surface area (Å²) in [5, 5.41) is 0.335. The highest BCUT2D eigenvalue weighted by atomic mass is 32.1. The molecule has 1 aliphatic heterocycles. The summed E-state index contributed by atoms with van der Waals surface area (Å²) < 4.78 is 4.90. The number of amides is 1. The van der Waals surface area contributed by atoms with Gasteiger partial charge in [-0.05, 0) is 38.5 Å². The summed E-state index contributed by atoms with van der Waals surface area (Å²) in [5.74, 6) is 0.519. The number of H-pyrrole nitrogens is 1. The first-order valence-corrected chi connectivity index (χ1v) is 10.7. The fourth-order valence-electron chi connectivity index (χ4n) is 4.79. The number of hydrogen-bond donors (Lipinski definition) is 1. The van der Waals surface area contributed by atoms with Gasteiger partial charge in [0.1, 0.15) is 15.5 Å². The quantitative estimate of drug-likeness (QED) is 0.796. The number of aromatic amines is 1. The maximum atomic E-state index is 13.3. The van der Waals surface area contributed by atoms with E-state index >= 15 is 0 Å². The number of carbonyl (C=O) groups excluding carboxylic acids is 2. The van der Waals surface area contributed by atoms with Gasteiger partial charge in [-0.2, -0.15) is 0 Å². The summed E-state index contributed by atoms with van der Waals surface area (Å²) in [4.78, 5) is 47.9. The number of esters is 1. The van der Waals surface area contributed by atoms with Crippen molar-refractivity contribution >= 4 is 33.4 Å². The molecule has 2 aromatic heterocycles. The van der Waals surface area contributed by atoms with E-state index in [1.54, 1.807) is 6.92 Å². The van der Waals surface area contributed by atoms with E-state index < -0.39 is 5.97 Å². The highest BCUT2D eigenvalue weighted by molar-refractivity contribution is 7.20. The Kier molecular flexibility index (Phi) is 5.23. The van der Waals surface area contributed by atoms with Crippen LogP contribution >= 0.6 is 11.3 Å². The minimum atomic E-state index is -0.531. The molecule has 0 unspecified atom stereocenters. The van der Waals surface area contributed by atoms with E-state index in [4.69, 9.17) is 4.74 Å². The van der Waals surface area contributed by atoms with Gasteiger partial charge in [-0.25, -0.2) is 9.78 Å². The number of ether oxygens (including phenoxy) is 1. The number of piperidine rings is 1. The molecule has 7 nitrogen and oxygen atoms in total. The molecule has 1 amide bonds. The Balaban J connectivity index is 1.71. The second-order valence-corrected chi connectivity index (χ2v) is 8.75. The van der Waals surface area contributed by atoms with Gasteiger partial charge in [0.2, 0.25) is 5.91 Å². The normalized spacial score (nSPS) is 22.1. The Bertz CT molecular complexity index is 978. The molecular weight excluding hydrogens is 378 g/mol. The van der Waals surface area contributed by atoms with Crippen LogP contribution in [0.1, 0.15) is 59.6 Å². The molecule has 150 valence electrons. The van der Waals surface area contributed by atoms with Crippen molar-refractivity contribution < 1.29 is 14.3 Å². The Morgan fingerprint density at radius 2 is 2.00 bits per heavy atom. The number of hydrogen-bond acceptors (Lipinski definition) is 6. The molecule has 28 heavy (non-hydrogen) atoms. The van der Waals surface area contributed by atoms with Crippen molar-refractivity contribution in [2.75, 3.05) is 13.7 Å². The molecule has 1 saturated carbocycles. The zero-order chi connectivity index (χ0) is 19.8. The Morgan fingerprint density at radius 3 is 2.79 bits per heavy atom. The summed E-state index contributed by atoms with van der Waals surface area (Å²) in [7, 11) is 1.30. The number of thiophene rings is 1. The molecule has 2 fully saturated rings. The van der Waals surface area contributed by atoms with E-state index in [9.17, 15) is 14.4 Å². The van der Waals surface area contributed by atoms with Gasteiger partial charge in [-0.3, -0.25) is 9.59 Å². The highest BCUT2D eigenvalue weighted by Gasteiger charge is 2.36. The van der Waals surface area contributed by atoms with E-state index in [0.717, 1.165) is 37.1 Å². The van der Waals surface area contributed by atoms with Crippen LogP contribution in [0, 0.1) is 12.8 Å². The molecule has 4 rings (SSSR count). The van der Waals surface area contributed by atoms with Gasteiger partial charge >= 0.3 is 5.97 Å². The Labute approximate surface area is 167 Å². The highest BCUT2D eigenvalue weighted by Crippen LogP contribution is 2.36. The van der Waals surface area contributed by atoms with Gasteiger partial charge < -0.3 is 14.6 Å². The molecule has 1 saturated heterocycles. The zero-order valence-electron chi connectivity index (χ0n) is 16.2. The van der Waals surface area contributed by atoms with Gasteiger partial charge in [-0.15, -0.1) is 11.3 Å². The van der Waals surface area contributed by atoms with E-state index in [1.807, 2.05) is 4.90 Å². The molecule has 2 aliphatic rings. The van der Waals surface area contributed by atoms with Crippen LogP contribution in [0.3, 0.4) is 0 Å². The Morgan fingerprint density at radius 1 is 1.25 bits per heavy atom. The SMILES string of the molecule is COC(=O)c1sc2nc(C)[nH]c(=O)c2c1CC(=O)N1CCC[C@@H]2CCCC[C@@H]21. The number of aryl methyl sites for hydroxylation is 1. The van der Waals surface area contributed by atoms with E-state index in [1.165, 1.54) is 26.4 Å². The minimum Gasteiger partial charge on any atom is -0.465 e. The number of fused-ring (bicyclic) bond motifs is 2. The van der Waals surface area contributed by atoms with Crippen molar-refractivity contribution in [3.63, 3.8) is 0 Å². The first kappa shape index (κ1) is 19.1. The van der Waals surface area contributed by atoms with Crippen molar-refractivity contribution in [3.05, 3.63) is 26.6 Å². The average molecular weight is 404 g/mol. The van der Waals surface area contributed by atoms with Crippen molar-refractivity contribution in [2.45, 2.75) is 57.9 Å². The van der Waals surface area contributed by atoms with Crippen LogP contribution < -0.4 is 5.56 Å². The van der Waals surface area contributed by atoms with Gasteiger partial charge in [0.15, 0.2) is 0 Å². The molecule has 2 aromatic rings. The van der Waals surface area contributed by atoms with Crippen LogP contribution in [-0.2, 0) is 16.0 Å². The van der Waals surface area contributed by atoms with Crippen LogP contribution in [0.15, 0.2) is 4.79 Å². The van der Waals surface area contributed by atoms with Crippen LogP contribution in [0.5, 0.6) is 0 Å². The molecule has 2 atom stereocenters. The van der Waals surface area contributed by atoms with Gasteiger partial charge in [-0.1, -0.05) is 12.8 Å². The lowest BCUT2D eigenvalue weighted by Crippen LogP contribution is -2.50. The van der Waals surface area contributed by atoms with Gasteiger partial charge in [0, 0.05) is 18.2 Å². The van der Waals surface area contributed by atoms with E-state index in [-0.39, 0.29) is 17.9 Å². The predicted octanol–water partition coefficient (Wildman–Crippen LogP) is 2.80. The largest absolute Gasteiger partial charge is 0.465 e. The maximum Gasteiger partial charge on any atom is 0.348 e. The zero-order valence-corrected chi connectivity index (χ0v) is 17.1. The number of aromatic nitrogens is 2. The van der Waals surface area contributed by atoms with Crippen LogP contribution in [-0.4, -0.2) is 46.4 Å². The lowest BCUT2D eigenvalue weighted by Gasteiger charge is -2.44. The summed E-state index contributed by atoms with van der Waals surface area (Å²) in [5.41, 5.74) is 0.134. The minimum absolute atomic E-state index is 0.0126. The molecule has 0 spiro atoms. The van der Waals surface area contributed by atoms with Crippen molar-refractivity contribution in [1.82, 2.24) is 14.9 Å². The molecule has 0 radical (unpaired) electrons. The van der Waals surface area contributed by atoms with Gasteiger partial charge in [0.25, 0.3) is 5.56 Å². The third kappa shape index (κ3) is 3.34. The molecule has 1 N–H and O–H groups in total. The molecule has 0 bridgehead atoms.